The van der Waals surface area contributed by atoms with Crippen LogP contribution in [0.2, 0.25) is 0 Å². The van der Waals surface area contributed by atoms with Crippen LogP contribution in [0.1, 0.15) is 17.0 Å². The summed E-state index contributed by atoms with van der Waals surface area (Å²) < 4.78 is 41.9. The Balaban J connectivity index is 1.67. The van der Waals surface area contributed by atoms with Gasteiger partial charge in [0.15, 0.2) is 4.96 Å². The lowest BCUT2D eigenvalue weighted by Gasteiger charge is -2.16. The van der Waals surface area contributed by atoms with Gasteiger partial charge in [-0.3, -0.25) is 14.1 Å². The Morgan fingerprint density at radius 3 is 2.58 bits per heavy atom. The lowest BCUT2D eigenvalue weighted by Crippen LogP contribution is -2.21. The van der Waals surface area contributed by atoms with Gasteiger partial charge in [-0.25, -0.2) is 4.98 Å². The second-order valence-corrected chi connectivity index (χ2v) is 6.78. The summed E-state index contributed by atoms with van der Waals surface area (Å²) in [6.07, 6.45) is -4.70. The molecule has 3 rings (SSSR count). The Morgan fingerprint density at radius 2 is 1.92 bits per heavy atom. The summed E-state index contributed by atoms with van der Waals surface area (Å²) in [5.74, 6) is -0.253. The van der Waals surface area contributed by atoms with Gasteiger partial charge in [-0.05, 0) is 31.7 Å². The van der Waals surface area contributed by atoms with Crippen LogP contribution in [0, 0.1) is 6.92 Å². The van der Waals surface area contributed by atoms with E-state index in [0.29, 0.717) is 23.7 Å². The molecular weight excluding hydrogens is 367 g/mol. The van der Waals surface area contributed by atoms with Crippen LogP contribution >= 0.6 is 11.3 Å². The largest absolute Gasteiger partial charge is 0.573 e. The topological polar surface area (TPSA) is 46.8 Å². The summed E-state index contributed by atoms with van der Waals surface area (Å²) in [5, 5.41) is 1.88. The highest BCUT2D eigenvalue weighted by atomic mass is 32.1. The molecule has 2 aromatic heterocycles. The maximum absolute atomic E-state index is 12.2. The van der Waals surface area contributed by atoms with Gasteiger partial charge < -0.3 is 4.74 Å². The number of ether oxygens (including phenoxy) is 1. The van der Waals surface area contributed by atoms with Crippen molar-refractivity contribution in [2.24, 2.45) is 0 Å². The average Bonchev–Trinajstić information content (AvgIpc) is 2.89. The third-order valence-corrected chi connectivity index (χ3v) is 4.61. The third-order valence-electron chi connectivity index (χ3n) is 3.67. The van der Waals surface area contributed by atoms with Crippen molar-refractivity contribution in [3.05, 3.63) is 63.0 Å². The molecule has 0 amide bonds. The van der Waals surface area contributed by atoms with Gasteiger partial charge in [0.1, 0.15) is 5.75 Å². The van der Waals surface area contributed by atoms with Crippen molar-refractivity contribution in [1.82, 2.24) is 14.3 Å². The molecule has 5 nitrogen and oxygen atoms in total. The zero-order valence-corrected chi connectivity index (χ0v) is 14.9. The van der Waals surface area contributed by atoms with Crippen LogP contribution in [0.4, 0.5) is 13.2 Å². The number of hydrogen-bond acceptors (Lipinski definition) is 5. The molecular formula is C17H16F3N3O2S. The molecule has 0 atom stereocenters. The number of benzene rings is 1. The molecule has 0 saturated heterocycles. The molecule has 0 bridgehead atoms. The molecule has 9 heteroatoms. The molecule has 0 spiro atoms. The first kappa shape index (κ1) is 18.4. The zero-order valence-electron chi connectivity index (χ0n) is 14.1. The fourth-order valence-corrected chi connectivity index (χ4v) is 3.51. The molecule has 0 radical (unpaired) electrons. The van der Waals surface area contributed by atoms with Crippen molar-refractivity contribution in [3.63, 3.8) is 0 Å². The lowest BCUT2D eigenvalue weighted by molar-refractivity contribution is -0.274. The molecule has 0 aliphatic heterocycles. The molecule has 0 aliphatic rings. The number of alkyl halides is 3. The van der Waals surface area contributed by atoms with Gasteiger partial charge >= 0.3 is 6.36 Å². The summed E-state index contributed by atoms with van der Waals surface area (Å²) in [5.41, 5.74) is 2.21. The van der Waals surface area contributed by atoms with Gasteiger partial charge in [0, 0.05) is 30.2 Å². The normalized spacial score (nSPS) is 12.1. The van der Waals surface area contributed by atoms with Crippen LogP contribution in [0.15, 0.2) is 40.5 Å². The van der Waals surface area contributed by atoms with Crippen molar-refractivity contribution >= 4 is 16.3 Å². The Labute approximate surface area is 151 Å². The predicted molar refractivity (Wildman–Crippen MR) is 92.4 cm³/mol. The number of aromatic nitrogens is 2. The molecule has 0 fully saturated rings. The molecule has 1 aromatic carbocycles. The van der Waals surface area contributed by atoms with Gasteiger partial charge in [0.2, 0.25) is 0 Å². The van der Waals surface area contributed by atoms with E-state index in [1.165, 1.54) is 29.5 Å². The first-order valence-electron chi connectivity index (χ1n) is 7.71. The number of aryl methyl sites for hydroxylation is 1. The molecule has 3 aromatic rings. The van der Waals surface area contributed by atoms with E-state index in [2.05, 4.69) is 9.72 Å². The molecule has 138 valence electrons. The van der Waals surface area contributed by atoms with E-state index in [1.807, 2.05) is 24.3 Å². The number of hydrogen-bond donors (Lipinski definition) is 0. The van der Waals surface area contributed by atoms with Crippen molar-refractivity contribution in [2.75, 3.05) is 7.05 Å². The van der Waals surface area contributed by atoms with Crippen LogP contribution in [0.3, 0.4) is 0 Å². The summed E-state index contributed by atoms with van der Waals surface area (Å²) in [6, 6.07) is 7.21. The second kappa shape index (κ2) is 7.08. The fraction of sp³-hybridized carbons (Fsp3) is 0.294. The van der Waals surface area contributed by atoms with Gasteiger partial charge in [-0.15, -0.1) is 24.5 Å². The zero-order chi connectivity index (χ0) is 18.9. The molecule has 0 unspecified atom stereocenters. The van der Waals surface area contributed by atoms with Gasteiger partial charge in [-0.2, -0.15) is 0 Å². The molecule has 2 heterocycles. The Bertz CT molecular complexity index is 964. The molecule has 0 saturated carbocycles. The highest BCUT2D eigenvalue weighted by Gasteiger charge is 2.30. The van der Waals surface area contributed by atoms with Crippen LogP contribution in [-0.2, 0) is 13.1 Å². The maximum Gasteiger partial charge on any atom is 0.573 e. The Morgan fingerprint density at radius 1 is 1.23 bits per heavy atom. The van der Waals surface area contributed by atoms with E-state index in [4.69, 9.17) is 0 Å². The van der Waals surface area contributed by atoms with Crippen LogP contribution in [-0.4, -0.2) is 27.7 Å². The highest BCUT2D eigenvalue weighted by molar-refractivity contribution is 7.15. The summed E-state index contributed by atoms with van der Waals surface area (Å²) in [7, 11) is 1.85. The van der Waals surface area contributed by atoms with Crippen LogP contribution in [0.25, 0.3) is 4.96 Å². The van der Waals surface area contributed by atoms with E-state index >= 15 is 0 Å². The minimum atomic E-state index is -4.70. The second-order valence-electron chi connectivity index (χ2n) is 5.94. The number of thiazole rings is 1. The Kier molecular flexibility index (Phi) is 5.01. The minimum Gasteiger partial charge on any atom is -0.406 e. The van der Waals surface area contributed by atoms with Crippen molar-refractivity contribution < 1.29 is 17.9 Å². The standard InChI is InChI=1S/C17H16F3N3O2S/c1-11-10-26-16-21-13(7-15(24)23(11)16)9-22(2)8-12-3-5-14(6-4-12)25-17(18,19)20/h3-7,10H,8-9H2,1-2H3. The van der Waals surface area contributed by atoms with Crippen molar-refractivity contribution in [1.29, 1.82) is 0 Å². The predicted octanol–water partition coefficient (Wildman–Crippen LogP) is 3.60. The number of fused-ring (bicyclic) bond motifs is 1. The van der Waals surface area contributed by atoms with E-state index in [1.54, 1.807) is 16.5 Å². The van der Waals surface area contributed by atoms with Gasteiger partial charge in [0.25, 0.3) is 5.56 Å². The van der Waals surface area contributed by atoms with E-state index in [0.717, 1.165) is 11.3 Å². The summed E-state index contributed by atoms with van der Waals surface area (Å²) >= 11 is 1.41. The van der Waals surface area contributed by atoms with E-state index in [-0.39, 0.29) is 11.3 Å². The Hall–Kier alpha value is -2.39. The minimum absolute atomic E-state index is 0.120. The molecule has 0 N–H and O–H groups in total. The highest BCUT2D eigenvalue weighted by Crippen LogP contribution is 2.23. The number of rotatable bonds is 5. The monoisotopic (exact) mass is 383 g/mol. The first-order chi connectivity index (χ1) is 12.2. The summed E-state index contributed by atoms with van der Waals surface area (Å²) in [4.78, 5) is 19.2. The fourth-order valence-electron chi connectivity index (χ4n) is 2.62. The quantitative estimate of drug-likeness (QED) is 0.676. The first-order valence-corrected chi connectivity index (χ1v) is 8.59. The van der Waals surface area contributed by atoms with Crippen molar-refractivity contribution in [2.45, 2.75) is 26.4 Å². The number of nitrogens with zero attached hydrogens (tertiary/aromatic N) is 3. The van der Waals surface area contributed by atoms with Gasteiger partial charge in [0.05, 0.1) is 5.69 Å². The van der Waals surface area contributed by atoms with E-state index in [9.17, 15) is 18.0 Å². The lowest BCUT2D eigenvalue weighted by atomic mass is 10.2. The smallest absolute Gasteiger partial charge is 0.406 e. The average molecular weight is 383 g/mol. The van der Waals surface area contributed by atoms with Crippen LogP contribution in [0.5, 0.6) is 5.75 Å². The molecule has 26 heavy (non-hydrogen) atoms. The van der Waals surface area contributed by atoms with Crippen molar-refractivity contribution in [3.8, 4) is 5.75 Å². The SMILES string of the molecule is Cc1csc2nc(CN(C)Cc3ccc(OC(F)(F)F)cc3)cc(=O)n12. The third kappa shape index (κ3) is 4.41. The van der Waals surface area contributed by atoms with E-state index < -0.39 is 6.36 Å². The number of halogens is 3. The van der Waals surface area contributed by atoms with Gasteiger partial charge in [-0.1, -0.05) is 12.1 Å². The van der Waals surface area contributed by atoms with Crippen LogP contribution < -0.4 is 10.3 Å². The maximum atomic E-state index is 12.2. The molecule has 0 aliphatic carbocycles. The summed E-state index contributed by atoms with van der Waals surface area (Å²) in [6.45, 7) is 2.80.